The monoisotopic (exact) mass is 451 g/mol. The van der Waals surface area contributed by atoms with Crippen LogP contribution in [0.5, 0.6) is 5.75 Å². The van der Waals surface area contributed by atoms with Crippen LogP contribution in [0.15, 0.2) is 48.5 Å². The summed E-state index contributed by atoms with van der Waals surface area (Å²) in [6, 6.07) is 12.9. The molecule has 1 N–H and O–H groups in total. The highest BCUT2D eigenvalue weighted by atomic mass is 35.5. The molecule has 1 aliphatic heterocycles. The van der Waals surface area contributed by atoms with Gasteiger partial charge in [0.1, 0.15) is 5.75 Å². The number of ether oxygens (including phenoxy) is 1. The minimum absolute atomic E-state index is 0.102. The van der Waals surface area contributed by atoms with E-state index < -0.39 is 6.61 Å². The molecular weight excluding hydrogens is 428 g/mol. The lowest BCUT2D eigenvalue weighted by atomic mass is 10.1. The van der Waals surface area contributed by atoms with Crippen molar-refractivity contribution in [1.82, 2.24) is 15.1 Å². The molecule has 2 aromatic rings. The van der Waals surface area contributed by atoms with Gasteiger partial charge in [-0.05, 0) is 36.8 Å². The lowest BCUT2D eigenvalue weighted by Crippen LogP contribution is -2.54. The second kappa shape index (κ2) is 10.5. The van der Waals surface area contributed by atoms with E-state index in [1.807, 2.05) is 24.0 Å². The fraction of sp³-hybridized carbons (Fsp3) is 0.364. The van der Waals surface area contributed by atoms with E-state index in [1.54, 1.807) is 23.1 Å². The molecule has 31 heavy (non-hydrogen) atoms. The number of alkyl halides is 2. The van der Waals surface area contributed by atoms with E-state index in [9.17, 15) is 18.4 Å². The van der Waals surface area contributed by atoms with Gasteiger partial charge in [-0.1, -0.05) is 35.9 Å². The topological polar surface area (TPSA) is 61.9 Å². The van der Waals surface area contributed by atoms with Crippen molar-refractivity contribution in [2.75, 3.05) is 26.2 Å². The van der Waals surface area contributed by atoms with Gasteiger partial charge in [-0.15, -0.1) is 0 Å². The summed E-state index contributed by atoms with van der Waals surface area (Å²) in [6.45, 7) is 0.990. The van der Waals surface area contributed by atoms with Crippen molar-refractivity contribution < 1.29 is 23.1 Å². The van der Waals surface area contributed by atoms with E-state index in [0.717, 1.165) is 5.56 Å². The summed E-state index contributed by atoms with van der Waals surface area (Å²) < 4.78 is 29.7. The summed E-state index contributed by atoms with van der Waals surface area (Å²) in [7, 11) is 0. The predicted molar refractivity (Wildman–Crippen MR) is 113 cm³/mol. The maximum Gasteiger partial charge on any atom is 0.387 e. The minimum atomic E-state index is -3.00. The van der Waals surface area contributed by atoms with Gasteiger partial charge in [0.05, 0.1) is 11.6 Å². The first kappa shape index (κ1) is 23.0. The standard InChI is InChI=1S/C22H24ClF2N3O3/c1-15(20(29)26-14-16-6-8-17(23)9-7-16)27-10-12-28(13-11-27)21(30)18-4-2-3-5-19(18)31-22(24)25/h2-9,15,22H,10-14H2,1H3,(H,26,29). The number of carbonyl (C=O) groups is 2. The van der Waals surface area contributed by atoms with Crippen LogP contribution in [-0.2, 0) is 11.3 Å². The maximum absolute atomic E-state index is 12.8. The lowest BCUT2D eigenvalue weighted by molar-refractivity contribution is -0.126. The predicted octanol–water partition coefficient (Wildman–Crippen LogP) is 3.40. The summed E-state index contributed by atoms with van der Waals surface area (Å²) in [6.07, 6.45) is 0. The molecular formula is C22H24ClF2N3O3. The van der Waals surface area contributed by atoms with Crippen molar-refractivity contribution >= 4 is 23.4 Å². The molecule has 1 unspecified atom stereocenters. The van der Waals surface area contributed by atoms with E-state index in [1.165, 1.54) is 18.2 Å². The number of carbonyl (C=O) groups excluding carboxylic acids is 2. The summed E-state index contributed by atoms with van der Waals surface area (Å²) in [5.74, 6) is -0.610. The Bertz CT molecular complexity index is 903. The van der Waals surface area contributed by atoms with Gasteiger partial charge in [-0.25, -0.2) is 0 Å². The average Bonchev–Trinajstić information content (AvgIpc) is 2.77. The van der Waals surface area contributed by atoms with Gasteiger partial charge in [0.15, 0.2) is 0 Å². The Balaban J connectivity index is 1.52. The third-order valence-corrected chi connectivity index (χ3v) is 5.49. The van der Waals surface area contributed by atoms with E-state index in [0.29, 0.717) is 37.7 Å². The number of halogens is 3. The molecule has 6 nitrogen and oxygen atoms in total. The number of piperazine rings is 1. The first-order valence-corrected chi connectivity index (χ1v) is 10.3. The summed E-state index contributed by atoms with van der Waals surface area (Å²) in [5, 5.41) is 3.55. The van der Waals surface area contributed by atoms with Gasteiger partial charge in [0.2, 0.25) is 5.91 Å². The Morgan fingerprint density at radius 1 is 1.06 bits per heavy atom. The largest absolute Gasteiger partial charge is 0.434 e. The van der Waals surface area contributed by atoms with Gasteiger partial charge < -0.3 is 15.0 Å². The van der Waals surface area contributed by atoms with E-state index in [-0.39, 0.29) is 29.2 Å². The third kappa shape index (κ3) is 6.15. The summed E-state index contributed by atoms with van der Waals surface area (Å²) in [5.41, 5.74) is 1.05. The summed E-state index contributed by atoms with van der Waals surface area (Å²) in [4.78, 5) is 28.9. The highest BCUT2D eigenvalue weighted by Crippen LogP contribution is 2.22. The minimum Gasteiger partial charge on any atom is -0.434 e. The van der Waals surface area contributed by atoms with Crippen LogP contribution >= 0.6 is 11.6 Å². The van der Waals surface area contributed by atoms with Crippen molar-refractivity contribution in [3.8, 4) is 5.75 Å². The fourth-order valence-electron chi connectivity index (χ4n) is 3.43. The molecule has 1 aliphatic rings. The second-order valence-electron chi connectivity index (χ2n) is 7.22. The molecule has 2 amide bonds. The number of amides is 2. The number of nitrogens with one attached hydrogen (secondary N) is 1. The Kier molecular flexibility index (Phi) is 7.81. The molecule has 2 aromatic carbocycles. The van der Waals surface area contributed by atoms with Crippen LogP contribution in [0.3, 0.4) is 0 Å². The second-order valence-corrected chi connectivity index (χ2v) is 7.66. The Morgan fingerprint density at radius 2 is 1.71 bits per heavy atom. The molecule has 0 saturated carbocycles. The van der Waals surface area contributed by atoms with E-state index in [2.05, 4.69) is 10.1 Å². The number of rotatable bonds is 7. The molecule has 0 spiro atoms. The molecule has 0 radical (unpaired) electrons. The Labute approximate surface area is 184 Å². The zero-order valence-corrected chi connectivity index (χ0v) is 17.8. The maximum atomic E-state index is 12.8. The van der Waals surface area contributed by atoms with Crippen LogP contribution in [0.4, 0.5) is 8.78 Å². The molecule has 1 fully saturated rings. The summed E-state index contributed by atoms with van der Waals surface area (Å²) >= 11 is 5.87. The first-order valence-electron chi connectivity index (χ1n) is 9.94. The molecule has 0 bridgehead atoms. The van der Waals surface area contributed by atoms with Crippen molar-refractivity contribution in [3.05, 3.63) is 64.7 Å². The van der Waals surface area contributed by atoms with Gasteiger partial charge in [0.25, 0.3) is 5.91 Å². The van der Waals surface area contributed by atoms with Crippen molar-refractivity contribution in [2.24, 2.45) is 0 Å². The zero-order valence-electron chi connectivity index (χ0n) is 17.1. The molecule has 166 valence electrons. The van der Waals surface area contributed by atoms with Crippen LogP contribution < -0.4 is 10.1 Å². The van der Waals surface area contributed by atoms with Crippen molar-refractivity contribution in [2.45, 2.75) is 26.1 Å². The van der Waals surface area contributed by atoms with Crippen LogP contribution in [-0.4, -0.2) is 60.4 Å². The normalized spacial score (nSPS) is 15.6. The molecule has 1 saturated heterocycles. The molecule has 0 aliphatic carbocycles. The van der Waals surface area contributed by atoms with E-state index >= 15 is 0 Å². The van der Waals surface area contributed by atoms with Crippen molar-refractivity contribution in [1.29, 1.82) is 0 Å². The molecule has 1 heterocycles. The van der Waals surface area contributed by atoms with Gasteiger partial charge in [-0.3, -0.25) is 14.5 Å². The SMILES string of the molecule is CC(C(=O)NCc1ccc(Cl)cc1)N1CCN(C(=O)c2ccccc2OC(F)F)CC1. The number of benzene rings is 2. The molecule has 3 rings (SSSR count). The smallest absolute Gasteiger partial charge is 0.387 e. The van der Waals surface area contributed by atoms with E-state index in [4.69, 9.17) is 11.6 Å². The highest BCUT2D eigenvalue weighted by Gasteiger charge is 2.29. The molecule has 9 heteroatoms. The van der Waals surface area contributed by atoms with Gasteiger partial charge >= 0.3 is 6.61 Å². The fourth-order valence-corrected chi connectivity index (χ4v) is 3.56. The number of hydrogen-bond donors (Lipinski definition) is 1. The van der Waals surface area contributed by atoms with Crippen LogP contribution in [0.1, 0.15) is 22.8 Å². The quantitative estimate of drug-likeness (QED) is 0.701. The number of hydrogen-bond acceptors (Lipinski definition) is 4. The van der Waals surface area contributed by atoms with Crippen LogP contribution in [0.2, 0.25) is 5.02 Å². The van der Waals surface area contributed by atoms with Gasteiger partial charge in [-0.2, -0.15) is 8.78 Å². The van der Waals surface area contributed by atoms with Crippen LogP contribution in [0.25, 0.3) is 0 Å². The lowest BCUT2D eigenvalue weighted by Gasteiger charge is -2.37. The van der Waals surface area contributed by atoms with Gasteiger partial charge in [0, 0.05) is 37.7 Å². The highest BCUT2D eigenvalue weighted by molar-refractivity contribution is 6.30. The first-order chi connectivity index (χ1) is 14.8. The molecule has 0 aromatic heterocycles. The third-order valence-electron chi connectivity index (χ3n) is 5.24. The zero-order chi connectivity index (χ0) is 22.4. The average molecular weight is 452 g/mol. The van der Waals surface area contributed by atoms with Crippen molar-refractivity contribution in [3.63, 3.8) is 0 Å². The number of para-hydroxylation sites is 1. The van der Waals surface area contributed by atoms with Crippen LogP contribution in [0, 0.1) is 0 Å². The Hall–Kier alpha value is -2.71. The number of nitrogens with zero attached hydrogens (tertiary/aromatic N) is 2. The molecule has 1 atom stereocenters. The Morgan fingerprint density at radius 3 is 2.35 bits per heavy atom.